The van der Waals surface area contributed by atoms with Crippen LogP contribution in [0.4, 0.5) is 0 Å². The Morgan fingerprint density at radius 2 is 2.22 bits per heavy atom. The Bertz CT molecular complexity index is 457. The molecule has 1 aromatic carbocycles. The number of hydrogen-bond acceptors (Lipinski definition) is 1. The number of carbonyl (C=O) groups is 1. The van der Waals surface area contributed by atoms with Gasteiger partial charge in [-0.1, -0.05) is 39.7 Å². The van der Waals surface area contributed by atoms with E-state index >= 15 is 0 Å². The predicted molar refractivity (Wildman–Crippen MR) is 78.6 cm³/mol. The largest absolute Gasteiger partial charge is 0.351 e. The summed E-state index contributed by atoms with van der Waals surface area (Å²) in [5.74, 6) is -0.0652. The van der Waals surface area contributed by atoms with Crippen LogP contribution >= 0.6 is 27.5 Å². The second-order valence-corrected chi connectivity index (χ2v) is 6.23. The van der Waals surface area contributed by atoms with Crippen LogP contribution in [0.15, 0.2) is 18.2 Å². The molecule has 0 aliphatic heterocycles. The Balaban J connectivity index is 1.98. The molecule has 1 amide bonds. The van der Waals surface area contributed by atoms with Gasteiger partial charge in [0.1, 0.15) is 0 Å². The van der Waals surface area contributed by atoms with Gasteiger partial charge in [-0.15, -0.1) is 0 Å². The molecule has 0 saturated heterocycles. The van der Waals surface area contributed by atoms with E-state index in [-0.39, 0.29) is 5.91 Å². The first kappa shape index (κ1) is 13.9. The summed E-state index contributed by atoms with van der Waals surface area (Å²) in [5.41, 5.74) is 1.84. The molecule has 98 valence electrons. The number of hydrogen-bond donors (Lipinski definition) is 1. The molecule has 18 heavy (non-hydrogen) atoms. The van der Waals surface area contributed by atoms with Crippen molar-refractivity contribution in [2.75, 3.05) is 11.9 Å². The maximum atomic E-state index is 12.1. The second kappa shape index (κ2) is 5.62. The highest BCUT2D eigenvalue weighted by molar-refractivity contribution is 9.09. The van der Waals surface area contributed by atoms with E-state index in [4.69, 9.17) is 11.6 Å². The lowest BCUT2D eigenvalue weighted by Gasteiger charge is -2.15. The van der Waals surface area contributed by atoms with Crippen LogP contribution in [-0.2, 0) is 0 Å². The summed E-state index contributed by atoms with van der Waals surface area (Å²) in [7, 11) is 0. The van der Waals surface area contributed by atoms with Crippen molar-refractivity contribution >= 4 is 33.4 Å². The quantitative estimate of drug-likeness (QED) is 0.814. The van der Waals surface area contributed by atoms with Crippen LogP contribution in [0.1, 0.15) is 35.2 Å². The number of aryl methyl sites for hydroxylation is 1. The fraction of sp³-hybridized carbons (Fsp3) is 0.500. The summed E-state index contributed by atoms with van der Waals surface area (Å²) in [6.07, 6.45) is 3.54. The highest BCUT2D eigenvalue weighted by Crippen LogP contribution is 2.48. The van der Waals surface area contributed by atoms with Gasteiger partial charge in [-0.25, -0.2) is 0 Å². The summed E-state index contributed by atoms with van der Waals surface area (Å²) < 4.78 is 0. The highest BCUT2D eigenvalue weighted by Gasteiger charge is 2.41. The van der Waals surface area contributed by atoms with Crippen LogP contribution < -0.4 is 5.32 Å². The van der Waals surface area contributed by atoms with E-state index < -0.39 is 0 Å². The van der Waals surface area contributed by atoms with Gasteiger partial charge in [0.05, 0.1) is 10.6 Å². The van der Waals surface area contributed by atoms with Gasteiger partial charge in [-0.2, -0.15) is 0 Å². The van der Waals surface area contributed by atoms with Crippen LogP contribution in [0.25, 0.3) is 0 Å². The minimum Gasteiger partial charge on any atom is -0.351 e. The van der Waals surface area contributed by atoms with Gasteiger partial charge in [0.15, 0.2) is 0 Å². The van der Waals surface area contributed by atoms with E-state index in [1.807, 2.05) is 19.1 Å². The average molecular weight is 331 g/mol. The molecule has 0 unspecified atom stereocenters. The molecule has 1 N–H and O–H groups in total. The summed E-state index contributed by atoms with van der Waals surface area (Å²) in [4.78, 5) is 12.1. The van der Waals surface area contributed by atoms with Crippen molar-refractivity contribution < 1.29 is 4.79 Å². The molecule has 0 atom stereocenters. The third kappa shape index (κ3) is 3.07. The van der Waals surface area contributed by atoms with E-state index in [0.29, 0.717) is 16.0 Å². The molecule has 4 heteroatoms. The van der Waals surface area contributed by atoms with Gasteiger partial charge in [0, 0.05) is 11.9 Å². The first-order chi connectivity index (χ1) is 8.58. The maximum absolute atomic E-state index is 12.1. The molecule has 0 spiro atoms. The molecular formula is C14H17BrClNO. The fourth-order valence-electron chi connectivity index (χ4n) is 2.08. The van der Waals surface area contributed by atoms with E-state index in [9.17, 15) is 4.79 Å². The predicted octanol–water partition coefficient (Wildman–Crippen LogP) is 3.94. The van der Waals surface area contributed by atoms with Gasteiger partial charge in [-0.3, -0.25) is 4.79 Å². The van der Waals surface area contributed by atoms with Crippen molar-refractivity contribution in [3.8, 4) is 0 Å². The maximum Gasteiger partial charge on any atom is 0.252 e. The minimum absolute atomic E-state index is 0.0652. The molecule has 2 rings (SSSR count). The summed E-state index contributed by atoms with van der Waals surface area (Å²) >= 11 is 9.61. The van der Waals surface area contributed by atoms with E-state index in [1.54, 1.807) is 6.07 Å². The van der Waals surface area contributed by atoms with Crippen molar-refractivity contribution in [2.45, 2.75) is 26.2 Å². The number of halogens is 2. The number of nitrogens with one attached hydrogen (secondary N) is 1. The number of amides is 1. The van der Waals surface area contributed by atoms with Crippen molar-refractivity contribution in [2.24, 2.45) is 5.41 Å². The number of benzene rings is 1. The van der Waals surface area contributed by atoms with Gasteiger partial charge < -0.3 is 5.32 Å². The molecule has 0 radical (unpaired) electrons. The molecule has 1 aliphatic carbocycles. The smallest absolute Gasteiger partial charge is 0.252 e. The fourth-order valence-corrected chi connectivity index (χ4v) is 3.13. The van der Waals surface area contributed by atoms with Crippen LogP contribution in [0.5, 0.6) is 0 Å². The molecular weight excluding hydrogens is 314 g/mol. The first-order valence-electron chi connectivity index (χ1n) is 6.17. The Kier molecular flexibility index (Phi) is 4.33. The van der Waals surface area contributed by atoms with Crippen LogP contribution in [0.3, 0.4) is 0 Å². The Hall–Kier alpha value is -0.540. The molecule has 1 fully saturated rings. The zero-order chi connectivity index (χ0) is 13.2. The lowest BCUT2D eigenvalue weighted by Crippen LogP contribution is -2.30. The molecule has 0 bridgehead atoms. The molecule has 0 aromatic heterocycles. The first-order valence-corrected chi connectivity index (χ1v) is 7.67. The Labute approximate surface area is 121 Å². The highest BCUT2D eigenvalue weighted by atomic mass is 79.9. The van der Waals surface area contributed by atoms with Gasteiger partial charge >= 0.3 is 0 Å². The van der Waals surface area contributed by atoms with Crippen LogP contribution in [0, 0.1) is 12.3 Å². The topological polar surface area (TPSA) is 29.1 Å². The molecule has 1 aromatic rings. The van der Waals surface area contributed by atoms with Crippen LogP contribution in [0.2, 0.25) is 5.02 Å². The second-order valence-electron chi connectivity index (χ2n) is 5.06. The zero-order valence-corrected chi connectivity index (χ0v) is 12.8. The van der Waals surface area contributed by atoms with Crippen molar-refractivity contribution in [1.82, 2.24) is 5.32 Å². The lowest BCUT2D eigenvalue weighted by molar-refractivity contribution is 0.0944. The standard InChI is InChI=1S/C14H17BrClNO/c1-10-3-2-4-11(12(10)16)13(18)17-9-14(5-6-14)7-8-15/h2-4H,5-9H2,1H3,(H,17,18). The summed E-state index contributed by atoms with van der Waals surface area (Å²) in [6, 6.07) is 5.54. The van der Waals surface area contributed by atoms with Crippen molar-refractivity contribution in [3.05, 3.63) is 34.3 Å². The van der Waals surface area contributed by atoms with Crippen LogP contribution in [-0.4, -0.2) is 17.8 Å². The Morgan fingerprint density at radius 1 is 1.50 bits per heavy atom. The Morgan fingerprint density at radius 3 is 2.83 bits per heavy atom. The average Bonchev–Trinajstić information content (AvgIpc) is 3.11. The summed E-state index contributed by atoms with van der Waals surface area (Å²) in [5, 5.41) is 4.56. The van der Waals surface area contributed by atoms with E-state index in [0.717, 1.165) is 23.9 Å². The molecule has 2 nitrogen and oxygen atoms in total. The molecule has 0 heterocycles. The van der Waals surface area contributed by atoms with Crippen molar-refractivity contribution in [1.29, 1.82) is 0 Å². The zero-order valence-electron chi connectivity index (χ0n) is 10.4. The normalized spacial score (nSPS) is 16.4. The number of alkyl halides is 1. The minimum atomic E-state index is -0.0652. The number of carbonyl (C=O) groups excluding carboxylic acids is 1. The van der Waals surface area contributed by atoms with E-state index in [1.165, 1.54) is 12.8 Å². The third-order valence-corrected chi connectivity index (χ3v) is 4.54. The van der Waals surface area contributed by atoms with Gasteiger partial charge in [0.2, 0.25) is 0 Å². The lowest BCUT2D eigenvalue weighted by atomic mass is 10.0. The SMILES string of the molecule is Cc1cccc(C(=O)NCC2(CCBr)CC2)c1Cl. The monoisotopic (exact) mass is 329 g/mol. The summed E-state index contributed by atoms with van der Waals surface area (Å²) in [6.45, 7) is 2.66. The van der Waals surface area contributed by atoms with E-state index in [2.05, 4.69) is 21.2 Å². The number of rotatable bonds is 5. The van der Waals surface area contributed by atoms with Crippen molar-refractivity contribution in [3.63, 3.8) is 0 Å². The third-order valence-electron chi connectivity index (χ3n) is 3.64. The van der Waals surface area contributed by atoms with Gasteiger partial charge in [-0.05, 0) is 43.2 Å². The molecule has 1 aliphatic rings. The molecule has 1 saturated carbocycles. The van der Waals surface area contributed by atoms with Gasteiger partial charge in [0.25, 0.3) is 5.91 Å².